The van der Waals surface area contributed by atoms with Gasteiger partial charge in [-0.25, -0.2) is 0 Å². The molecule has 1 amide bonds. The zero-order valence-electron chi connectivity index (χ0n) is 19.3. The Bertz CT molecular complexity index is 1050. The summed E-state index contributed by atoms with van der Waals surface area (Å²) in [6, 6.07) is 13.5. The maximum Gasteiger partial charge on any atom is 0.254 e. The molecule has 4 rings (SSSR count). The van der Waals surface area contributed by atoms with Gasteiger partial charge in [-0.15, -0.1) is 0 Å². The first kappa shape index (κ1) is 23.3. The van der Waals surface area contributed by atoms with Crippen LogP contribution < -0.4 is 4.74 Å². The number of fused-ring (bicyclic) bond motifs is 1. The van der Waals surface area contributed by atoms with Crippen LogP contribution in [-0.4, -0.2) is 59.2 Å². The number of hydrogen-bond donors (Lipinski definition) is 2. The highest BCUT2D eigenvalue weighted by Crippen LogP contribution is 2.28. The van der Waals surface area contributed by atoms with E-state index in [1.165, 1.54) is 13.5 Å². The van der Waals surface area contributed by atoms with E-state index in [0.29, 0.717) is 41.6 Å². The Morgan fingerprint density at radius 1 is 1.21 bits per heavy atom. The molecule has 1 aliphatic heterocycles. The van der Waals surface area contributed by atoms with Gasteiger partial charge >= 0.3 is 0 Å². The number of nitrogens with zero attached hydrogens (tertiary/aromatic N) is 2. The Hall–Kier alpha value is -2.87. The van der Waals surface area contributed by atoms with Crippen LogP contribution in [0.15, 0.2) is 46.9 Å². The van der Waals surface area contributed by atoms with Crippen molar-refractivity contribution in [2.24, 2.45) is 0 Å². The second-order valence-corrected chi connectivity index (χ2v) is 8.67. The summed E-state index contributed by atoms with van der Waals surface area (Å²) in [6.07, 6.45) is 3.19. The van der Waals surface area contributed by atoms with Crippen LogP contribution >= 0.6 is 0 Å². The lowest BCUT2D eigenvalue weighted by Crippen LogP contribution is -2.35. The first-order chi connectivity index (χ1) is 16.0. The summed E-state index contributed by atoms with van der Waals surface area (Å²) in [6.45, 7) is 1.46. The zero-order valence-corrected chi connectivity index (χ0v) is 19.3. The smallest absolute Gasteiger partial charge is 0.254 e. The largest absolute Gasteiger partial charge is 0.496 e. The fraction of sp³-hybridized carbons (Fsp3) is 0.423. The topological polar surface area (TPSA) is 86.4 Å². The molecular formula is C26H32N2O5. The number of benzene rings is 2. The lowest BCUT2D eigenvalue weighted by molar-refractivity contribution is 0.0717. The van der Waals surface area contributed by atoms with Crippen molar-refractivity contribution in [3.63, 3.8) is 0 Å². The van der Waals surface area contributed by atoms with Gasteiger partial charge in [-0.2, -0.15) is 0 Å². The van der Waals surface area contributed by atoms with Gasteiger partial charge in [0.2, 0.25) is 0 Å². The Kier molecular flexibility index (Phi) is 7.33. The molecule has 0 aliphatic carbocycles. The lowest BCUT2D eigenvalue weighted by atomic mass is 10.0. The van der Waals surface area contributed by atoms with Gasteiger partial charge in [0.15, 0.2) is 0 Å². The van der Waals surface area contributed by atoms with E-state index in [-0.39, 0.29) is 19.1 Å². The van der Waals surface area contributed by atoms with Crippen molar-refractivity contribution in [2.75, 3.05) is 27.2 Å². The molecule has 0 bridgehead atoms. The second-order valence-electron chi connectivity index (χ2n) is 8.67. The van der Waals surface area contributed by atoms with E-state index in [1.54, 1.807) is 17.0 Å². The molecule has 0 saturated carbocycles. The number of carbonyl (C=O) groups is 1. The average Bonchev–Trinajstić information content (AvgIpc) is 3.45. The summed E-state index contributed by atoms with van der Waals surface area (Å²) in [5.41, 5.74) is 2.20. The van der Waals surface area contributed by atoms with Crippen LogP contribution in [0.1, 0.15) is 46.5 Å². The predicted octanol–water partition coefficient (Wildman–Crippen LogP) is 3.55. The van der Waals surface area contributed by atoms with Gasteiger partial charge in [0.25, 0.3) is 5.91 Å². The number of ether oxygens (including phenoxy) is 1. The lowest BCUT2D eigenvalue weighted by Gasteiger charge is -2.26. The van der Waals surface area contributed by atoms with Crippen LogP contribution in [0.3, 0.4) is 0 Å². The maximum absolute atomic E-state index is 13.7. The zero-order chi connectivity index (χ0) is 23.4. The predicted molar refractivity (Wildman–Crippen MR) is 126 cm³/mol. The molecule has 7 nitrogen and oxygen atoms in total. The molecule has 33 heavy (non-hydrogen) atoms. The number of hydrogen-bond acceptors (Lipinski definition) is 6. The number of aliphatic hydroxyl groups is 2. The summed E-state index contributed by atoms with van der Waals surface area (Å²) in [7, 11) is 3.63. The van der Waals surface area contributed by atoms with Gasteiger partial charge in [0, 0.05) is 29.1 Å². The number of rotatable bonds is 9. The highest BCUT2D eigenvalue weighted by Gasteiger charge is 2.25. The van der Waals surface area contributed by atoms with Crippen LogP contribution in [0, 0.1) is 0 Å². The van der Waals surface area contributed by atoms with Crippen molar-refractivity contribution in [1.29, 1.82) is 0 Å². The van der Waals surface area contributed by atoms with Crippen LogP contribution in [-0.2, 0) is 19.8 Å². The number of methoxy groups -OCH3 is 1. The SMILES string of the molecule is COc1cc(C(=O)N(CCC2CCCN2C)Cc2cc3ccccc3o2)cc(CO)c1CO. The molecule has 1 fully saturated rings. The quantitative estimate of drug-likeness (QED) is 0.516. The minimum absolute atomic E-state index is 0.159. The van der Waals surface area contributed by atoms with Gasteiger partial charge in [-0.1, -0.05) is 18.2 Å². The van der Waals surface area contributed by atoms with Crippen LogP contribution in [0.4, 0.5) is 0 Å². The minimum Gasteiger partial charge on any atom is -0.496 e. The van der Waals surface area contributed by atoms with Crippen molar-refractivity contribution in [1.82, 2.24) is 9.80 Å². The van der Waals surface area contributed by atoms with E-state index in [2.05, 4.69) is 11.9 Å². The third-order valence-corrected chi connectivity index (χ3v) is 6.61. The number of amides is 1. The fourth-order valence-corrected chi connectivity index (χ4v) is 4.72. The molecule has 7 heteroatoms. The van der Waals surface area contributed by atoms with Gasteiger partial charge in [-0.05, 0) is 62.7 Å². The summed E-state index contributed by atoms with van der Waals surface area (Å²) in [5, 5.41) is 20.5. The van der Waals surface area contributed by atoms with Crippen molar-refractivity contribution < 1.29 is 24.2 Å². The Labute approximate surface area is 194 Å². The Morgan fingerprint density at radius 2 is 2.03 bits per heavy atom. The second kappa shape index (κ2) is 10.4. The average molecular weight is 453 g/mol. The molecule has 176 valence electrons. The van der Waals surface area contributed by atoms with Crippen molar-refractivity contribution in [3.8, 4) is 5.75 Å². The monoisotopic (exact) mass is 452 g/mol. The van der Waals surface area contributed by atoms with E-state index in [1.807, 2.05) is 30.3 Å². The van der Waals surface area contributed by atoms with Crippen LogP contribution in [0.2, 0.25) is 0 Å². The number of likely N-dealkylation sites (tertiary alicyclic amines) is 1. The van der Waals surface area contributed by atoms with Crippen molar-refractivity contribution in [2.45, 2.75) is 45.1 Å². The van der Waals surface area contributed by atoms with E-state index >= 15 is 0 Å². The standard InChI is InChI=1S/C26H32N2O5/c1-27-10-5-7-21(27)9-11-28(15-22-13-18-6-3-4-8-24(18)33-22)26(31)19-12-20(16-29)23(17-30)25(14-19)32-2/h3-4,6,8,12-14,21,29-30H,5,7,9-11,15-17H2,1-2H3. The van der Waals surface area contributed by atoms with Gasteiger partial charge < -0.3 is 29.2 Å². The summed E-state index contributed by atoms with van der Waals surface area (Å²) >= 11 is 0. The molecule has 1 unspecified atom stereocenters. The first-order valence-electron chi connectivity index (χ1n) is 11.4. The molecule has 1 aromatic heterocycles. The minimum atomic E-state index is -0.288. The third kappa shape index (κ3) is 5.05. The molecule has 2 heterocycles. The summed E-state index contributed by atoms with van der Waals surface area (Å²) < 4.78 is 11.4. The molecule has 2 N–H and O–H groups in total. The third-order valence-electron chi connectivity index (χ3n) is 6.61. The van der Waals surface area contributed by atoms with Gasteiger partial charge in [0.05, 0.1) is 26.9 Å². The molecule has 1 aliphatic rings. The normalized spacial score (nSPS) is 16.4. The molecular weight excluding hydrogens is 420 g/mol. The fourth-order valence-electron chi connectivity index (χ4n) is 4.72. The molecule has 1 saturated heterocycles. The highest BCUT2D eigenvalue weighted by atomic mass is 16.5. The molecule has 2 aromatic carbocycles. The van der Waals surface area contributed by atoms with Crippen LogP contribution in [0.5, 0.6) is 5.75 Å². The Morgan fingerprint density at radius 3 is 2.70 bits per heavy atom. The number of aliphatic hydroxyl groups excluding tert-OH is 2. The summed E-state index contributed by atoms with van der Waals surface area (Å²) in [4.78, 5) is 17.8. The molecule has 0 spiro atoms. The highest BCUT2D eigenvalue weighted by molar-refractivity contribution is 5.95. The van der Waals surface area contributed by atoms with Crippen molar-refractivity contribution in [3.05, 3.63) is 64.9 Å². The maximum atomic E-state index is 13.7. The number of furan rings is 1. The van der Waals surface area contributed by atoms with E-state index < -0.39 is 0 Å². The Balaban J connectivity index is 1.63. The van der Waals surface area contributed by atoms with E-state index in [9.17, 15) is 15.0 Å². The van der Waals surface area contributed by atoms with E-state index in [0.717, 1.165) is 36.1 Å². The molecule has 1 atom stereocenters. The van der Waals surface area contributed by atoms with Crippen molar-refractivity contribution >= 4 is 16.9 Å². The number of carbonyl (C=O) groups excluding carboxylic acids is 1. The van der Waals surface area contributed by atoms with E-state index in [4.69, 9.17) is 9.15 Å². The first-order valence-corrected chi connectivity index (χ1v) is 11.4. The van der Waals surface area contributed by atoms with Crippen LogP contribution in [0.25, 0.3) is 11.0 Å². The van der Waals surface area contributed by atoms with Gasteiger partial charge in [-0.3, -0.25) is 4.79 Å². The summed E-state index contributed by atoms with van der Waals surface area (Å²) in [5.74, 6) is 0.964. The molecule has 0 radical (unpaired) electrons. The van der Waals surface area contributed by atoms with Gasteiger partial charge in [0.1, 0.15) is 17.1 Å². The number of para-hydroxylation sites is 1. The molecule has 3 aromatic rings.